The first kappa shape index (κ1) is 14.0. The van der Waals surface area contributed by atoms with E-state index in [2.05, 4.69) is 10.3 Å². The number of aromatic nitrogens is 1. The Kier molecular flexibility index (Phi) is 4.88. The van der Waals surface area contributed by atoms with E-state index in [-0.39, 0.29) is 11.9 Å². The summed E-state index contributed by atoms with van der Waals surface area (Å²) >= 11 is 6.17. The fourth-order valence-corrected chi connectivity index (χ4v) is 2.30. The number of nitrogens with zero attached hydrogens (tertiary/aromatic N) is 1. The molecule has 2 rings (SSSR count). The molecular weight excluding hydrogens is 263 g/mol. The van der Waals surface area contributed by atoms with Gasteiger partial charge in [0, 0.05) is 29.4 Å². The van der Waals surface area contributed by atoms with Crippen LogP contribution in [-0.4, -0.2) is 11.5 Å². The largest absolute Gasteiger partial charge is 0.310 e. The molecule has 0 aliphatic heterocycles. The number of benzene rings is 1. The van der Waals surface area contributed by atoms with E-state index in [4.69, 9.17) is 11.6 Å². The van der Waals surface area contributed by atoms with Crippen LogP contribution in [0.5, 0.6) is 0 Å². The Balaban J connectivity index is 2.27. The second-order valence-electron chi connectivity index (χ2n) is 4.30. The van der Waals surface area contributed by atoms with Crippen molar-refractivity contribution >= 4 is 11.6 Å². The van der Waals surface area contributed by atoms with E-state index in [1.54, 1.807) is 12.3 Å². The summed E-state index contributed by atoms with van der Waals surface area (Å²) < 4.78 is 13.4. The lowest BCUT2D eigenvalue weighted by Gasteiger charge is -2.19. The molecule has 19 heavy (non-hydrogen) atoms. The molecule has 100 valence electrons. The molecule has 0 aliphatic rings. The van der Waals surface area contributed by atoms with Gasteiger partial charge in [-0.05, 0) is 42.4 Å². The Bertz CT molecular complexity index is 531. The average Bonchev–Trinajstić information content (AvgIpc) is 2.42. The lowest BCUT2D eigenvalue weighted by atomic mass is 10.0. The molecule has 1 aromatic carbocycles. The zero-order valence-corrected chi connectivity index (χ0v) is 11.5. The first-order valence-corrected chi connectivity index (χ1v) is 6.66. The van der Waals surface area contributed by atoms with Crippen molar-refractivity contribution < 1.29 is 4.39 Å². The van der Waals surface area contributed by atoms with E-state index >= 15 is 0 Å². The highest BCUT2D eigenvalue weighted by Gasteiger charge is 2.15. The molecule has 2 aromatic rings. The van der Waals surface area contributed by atoms with Gasteiger partial charge in [-0.3, -0.25) is 4.98 Å². The molecule has 1 aromatic heterocycles. The third-order valence-electron chi connectivity index (χ3n) is 2.92. The molecule has 1 heterocycles. The quantitative estimate of drug-likeness (QED) is 0.901. The van der Waals surface area contributed by atoms with E-state index in [1.807, 2.05) is 25.1 Å². The standard InChI is InChI=1S/C15H16ClFN2/c1-2-18-15(10-12-5-3-4-8-19-12)13-9-11(17)6-7-14(13)16/h3-9,15,18H,2,10H2,1H3. The van der Waals surface area contributed by atoms with Gasteiger partial charge in [-0.25, -0.2) is 4.39 Å². The van der Waals surface area contributed by atoms with Gasteiger partial charge in [0.05, 0.1) is 0 Å². The van der Waals surface area contributed by atoms with Gasteiger partial charge in [0.25, 0.3) is 0 Å². The molecule has 0 fully saturated rings. The van der Waals surface area contributed by atoms with Crippen molar-refractivity contribution in [1.82, 2.24) is 10.3 Å². The predicted molar refractivity (Wildman–Crippen MR) is 75.8 cm³/mol. The molecule has 0 amide bonds. The fraction of sp³-hybridized carbons (Fsp3) is 0.267. The summed E-state index contributed by atoms with van der Waals surface area (Å²) in [6.45, 7) is 2.79. The van der Waals surface area contributed by atoms with Crippen LogP contribution in [0.3, 0.4) is 0 Å². The maximum Gasteiger partial charge on any atom is 0.123 e. The number of hydrogen-bond acceptors (Lipinski definition) is 2. The van der Waals surface area contributed by atoms with Gasteiger partial charge in [0.15, 0.2) is 0 Å². The van der Waals surface area contributed by atoms with Crippen molar-refractivity contribution in [3.8, 4) is 0 Å². The fourth-order valence-electron chi connectivity index (χ4n) is 2.05. The molecule has 0 radical (unpaired) electrons. The van der Waals surface area contributed by atoms with Crippen molar-refractivity contribution in [2.75, 3.05) is 6.54 Å². The van der Waals surface area contributed by atoms with Crippen LogP contribution in [0.25, 0.3) is 0 Å². The van der Waals surface area contributed by atoms with Crippen LogP contribution in [-0.2, 0) is 6.42 Å². The molecule has 0 saturated heterocycles. The second-order valence-corrected chi connectivity index (χ2v) is 4.71. The molecular formula is C15H16ClFN2. The third kappa shape index (κ3) is 3.75. The summed E-state index contributed by atoms with van der Waals surface area (Å²) in [6.07, 6.45) is 2.43. The van der Waals surface area contributed by atoms with Gasteiger partial charge < -0.3 is 5.32 Å². The van der Waals surface area contributed by atoms with Crippen molar-refractivity contribution in [2.45, 2.75) is 19.4 Å². The van der Waals surface area contributed by atoms with Crippen molar-refractivity contribution in [1.29, 1.82) is 0 Å². The van der Waals surface area contributed by atoms with E-state index < -0.39 is 0 Å². The maximum atomic E-state index is 13.4. The normalized spacial score (nSPS) is 12.4. The monoisotopic (exact) mass is 278 g/mol. The summed E-state index contributed by atoms with van der Waals surface area (Å²) in [6, 6.07) is 10.2. The number of nitrogens with one attached hydrogen (secondary N) is 1. The number of halogens is 2. The summed E-state index contributed by atoms with van der Waals surface area (Å²) in [5, 5.41) is 3.90. The van der Waals surface area contributed by atoms with Gasteiger partial charge in [0.1, 0.15) is 5.82 Å². The van der Waals surface area contributed by atoms with Crippen LogP contribution >= 0.6 is 11.6 Å². The number of likely N-dealkylation sites (N-methyl/N-ethyl adjacent to an activating group) is 1. The van der Waals surface area contributed by atoms with Crippen LogP contribution in [0.4, 0.5) is 4.39 Å². The zero-order chi connectivity index (χ0) is 13.7. The SMILES string of the molecule is CCNC(Cc1ccccn1)c1cc(F)ccc1Cl. The van der Waals surface area contributed by atoms with Crippen molar-refractivity contribution in [3.05, 3.63) is 64.7 Å². The Morgan fingerprint density at radius 2 is 2.16 bits per heavy atom. The van der Waals surface area contributed by atoms with Crippen LogP contribution in [0, 0.1) is 5.82 Å². The predicted octanol–water partition coefficient (Wildman–Crippen LogP) is 3.77. The molecule has 0 aliphatic carbocycles. The smallest absolute Gasteiger partial charge is 0.123 e. The number of rotatable bonds is 5. The summed E-state index contributed by atoms with van der Waals surface area (Å²) in [5.74, 6) is -0.275. The van der Waals surface area contributed by atoms with E-state index in [1.165, 1.54) is 12.1 Å². The third-order valence-corrected chi connectivity index (χ3v) is 3.27. The number of pyridine rings is 1. The van der Waals surface area contributed by atoms with E-state index in [9.17, 15) is 4.39 Å². The summed E-state index contributed by atoms with van der Waals surface area (Å²) in [5.41, 5.74) is 1.72. The lowest BCUT2D eigenvalue weighted by Crippen LogP contribution is -2.23. The van der Waals surface area contributed by atoms with E-state index in [0.717, 1.165) is 17.8 Å². The average molecular weight is 279 g/mol. The highest BCUT2D eigenvalue weighted by atomic mass is 35.5. The van der Waals surface area contributed by atoms with Crippen molar-refractivity contribution in [3.63, 3.8) is 0 Å². The number of hydrogen-bond donors (Lipinski definition) is 1. The second kappa shape index (κ2) is 6.64. The van der Waals surface area contributed by atoms with Crippen LogP contribution in [0.15, 0.2) is 42.6 Å². The van der Waals surface area contributed by atoms with Crippen LogP contribution in [0.1, 0.15) is 24.2 Å². The Labute approximate surface area is 117 Å². The zero-order valence-electron chi connectivity index (χ0n) is 10.7. The first-order chi connectivity index (χ1) is 9.20. The molecule has 0 bridgehead atoms. The van der Waals surface area contributed by atoms with Crippen molar-refractivity contribution in [2.24, 2.45) is 0 Å². The van der Waals surface area contributed by atoms with Gasteiger partial charge in [-0.1, -0.05) is 24.6 Å². The highest BCUT2D eigenvalue weighted by molar-refractivity contribution is 6.31. The van der Waals surface area contributed by atoms with Gasteiger partial charge in [-0.2, -0.15) is 0 Å². The molecule has 4 heteroatoms. The minimum absolute atomic E-state index is 0.0388. The molecule has 1 atom stereocenters. The Morgan fingerprint density at radius 1 is 1.32 bits per heavy atom. The van der Waals surface area contributed by atoms with Gasteiger partial charge in [0.2, 0.25) is 0 Å². The lowest BCUT2D eigenvalue weighted by molar-refractivity contribution is 0.538. The van der Waals surface area contributed by atoms with Crippen LogP contribution < -0.4 is 5.32 Å². The topological polar surface area (TPSA) is 24.9 Å². The minimum atomic E-state index is -0.275. The van der Waals surface area contributed by atoms with Crippen LogP contribution in [0.2, 0.25) is 5.02 Å². The molecule has 1 unspecified atom stereocenters. The first-order valence-electron chi connectivity index (χ1n) is 6.29. The summed E-state index contributed by atoms with van der Waals surface area (Å²) in [4.78, 5) is 4.30. The minimum Gasteiger partial charge on any atom is -0.310 e. The summed E-state index contributed by atoms with van der Waals surface area (Å²) in [7, 11) is 0. The Morgan fingerprint density at radius 3 is 2.84 bits per heavy atom. The van der Waals surface area contributed by atoms with Gasteiger partial charge >= 0.3 is 0 Å². The molecule has 0 saturated carbocycles. The molecule has 0 spiro atoms. The highest BCUT2D eigenvalue weighted by Crippen LogP contribution is 2.26. The Hall–Kier alpha value is -1.45. The van der Waals surface area contributed by atoms with Gasteiger partial charge in [-0.15, -0.1) is 0 Å². The molecule has 2 nitrogen and oxygen atoms in total. The maximum absolute atomic E-state index is 13.4. The van der Waals surface area contributed by atoms with E-state index in [0.29, 0.717) is 11.4 Å². The molecule has 1 N–H and O–H groups in total.